The average molecular weight is 385 g/mol. The van der Waals surface area contributed by atoms with E-state index < -0.39 is 24.5 Å². The fourth-order valence-electron chi connectivity index (χ4n) is 2.67. The molecule has 1 aliphatic rings. The van der Waals surface area contributed by atoms with Gasteiger partial charge in [0.25, 0.3) is 5.91 Å². The van der Waals surface area contributed by atoms with Crippen molar-refractivity contribution in [3.8, 4) is 0 Å². The Labute approximate surface area is 161 Å². The number of benzene rings is 2. The van der Waals surface area contributed by atoms with Crippen LogP contribution in [0.2, 0.25) is 0 Å². The Morgan fingerprint density at radius 2 is 1.59 bits per heavy atom. The zero-order chi connectivity index (χ0) is 19.2. The van der Waals surface area contributed by atoms with Gasteiger partial charge in [-0.15, -0.1) is 0 Å². The number of ether oxygens (including phenoxy) is 1. The third-order valence-electron chi connectivity index (χ3n) is 3.92. The molecule has 0 bridgehead atoms. The van der Waals surface area contributed by atoms with Gasteiger partial charge in [0, 0.05) is 23.4 Å². The van der Waals surface area contributed by atoms with Crippen molar-refractivity contribution in [3.05, 3.63) is 48.5 Å². The molecule has 0 radical (unpaired) electrons. The van der Waals surface area contributed by atoms with Crippen LogP contribution in [0, 0.1) is 0 Å². The van der Waals surface area contributed by atoms with Gasteiger partial charge in [-0.25, -0.2) is 4.79 Å². The molecule has 0 fully saturated rings. The maximum Gasteiger partial charge on any atom is 0.321 e. The number of amides is 3. The molecule has 7 nitrogen and oxygen atoms in total. The first-order chi connectivity index (χ1) is 13.1. The van der Waals surface area contributed by atoms with E-state index in [-0.39, 0.29) is 6.42 Å². The number of carbonyl (C=O) groups is 3. The molecule has 0 aliphatic carbocycles. The summed E-state index contributed by atoms with van der Waals surface area (Å²) in [5, 5.41) is 4.29. The van der Waals surface area contributed by atoms with Crippen molar-refractivity contribution in [1.29, 1.82) is 0 Å². The van der Waals surface area contributed by atoms with E-state index in [1.165, 1.54) is 7.05 Å². The fraction of sp³-hybridized carbons (Fsp3) is 0.211. The molecule has 140 valence electrons. The van der Waals surface area contributed by atoms with Crippen LogP contribution in [-0.2, 0) is 14.3 Å². The largest absolute Gasteiger partial charge is 0.456 e. The predicted molar refractivity (Wildman–Crippen MR) is 102 cm³/mol. The lowest BCUT2D eigenvalue weighted by atomic mass is 10.2. The SMILES string of the molecule is CNC(=O)NC(=O)COC(=O)CCN1c2ccccc2Sc2ccccc21. The van der Waals surface area contributed by atoms with E-state index in [1.54, 1.807) is 11.8 Å². The third kappa shape index (κ3) is 4.59. The lowest BCUT2D eigenvalue weighted by Gasteiger charge is -2.32. The van der Waals surface area contributed by atoms with E-state index in [4.69, 9.17) is 4.74 Å². The molecule has 2 aromatic rings. The summed E-state index contributed by atoms with van der Waals surface area (Å²) in [5.41, 5.74) is 2.07. The Morgan fingerprint density at radius 3 is 2.19 bits per heavy atom. The molecular formula is C19H19N3O4S. The van der Waals surface area contributed by atoms with Crippen molar-refractivity contribution >= 4 is 41.0 Å². The summed E-state index contributed by atoms with van der Waals surface area (Å²) in [7, 11) is 1.39. The number of nitrogens with zero attached hydrogens (tertiary/aromatic N) is 1. The number of hydrogen-bond donors (Lipinski definition) is 2. The number of esters is 1. The summed E-state index contributed by atoms with van der Waals surface area (Å²) in [6, 6.07) is 15.4. The van der Waals surface area contributed by atoms with Crippen LogP contribution in [0.3, 0.4) is 0 Å². The molecule has 0 atom stereocenters. The summed E-state index contributed by atoms with van der Waals surface area (Å²) >= 11 is 1.69. The van der Waals surface area contributed by atoms with Gasteiger partial charge in [0.05, 0.1) is 17.8 Å². The van der Waals surface area contributed by atoms with E-state index in [9.17, 15) is 14.4 Å². The van der Waals surface area contributed by atoms with Crippen molar-refractivity contribution in [3.63, 3.8) is 0 Å². The molecule has 0 unspecified atom stereocenters. The van der Waals surface area contributed by atoms with Crippen LogP contribution in [0.4, 0.5) is 16.2 Å². The van der Waals surface area contributed by atoms with Gasteiger partial charge in [-0.05, 0) is 24.3 Å². The number of anilines is 2. The second-order valence-electron chi connectivity index (χ2n) is 5.73. The number of carbonyl (C=O) groups excluding carboxylic acids is 3. The van der Waals surface area contributed by atoms with Crippen molar-refractivity contribution in [1.82, 2.24) is 10.6 Å². The number of rotatable bonds is 5. The first-order valence-electron chi connectivity index (χ1n) is 8.39. The average Bonchev–Trinajstić information content (AvgIpc) is 2.69. The van der Waals surface area contributed by atoms with Gasteiger partial charge >= 0.3 is 12.0 Å². The molecule has 1 heterocycles. The summed E-state index contributed by atoms with van der Waals surface area (Å²) < 4.78 is 4.95. The number of urea groups is 1. The van der Waals surface area contributed by atoms with Crippen LogP contribution in [-0.4, -0.2) is 38.1 Å². The maximum atomic E-state index is 12.0. The Bertz CT molecular complexity index is 826. The monoisotopic (exact) mass is 385 g/mol. The van der Waals surface area contributed by atoms with Crippen molar-refractivity contribution in [2.45, 2.75) is 16.2 Å². The van der Waals surface area contributed by atoms with Crippen molar-refractivity contribution < 1.29 is 19.1 Å². The zero-order valence-corrected chi connectivity index (χ0v) is 15.5. The molecule has 1 aliphatic heterocycles. The normalized spacial score (nSPS) is 11.8. The summed E-state index contributed by atoms with van der Waals surface area (Å²) in [6.07, 6.45) is 0.112. The Morgan fingerprint density at radius 1 is 1.00 bits per heavy atom. The standard InChI is InChI=1S/C19H19N3O4S/c1-20-19(25)21-17(23)12-26-18(24)10-11-22-13-6-2-4-8-15(13)27-16-9-5-3-7-14(16)22/h2-9H,10-12H2,1H3,(H2,20,21,23,25). The highest BCUT2D eigenvalue weighted by Crippen LogP contribution is 2.47. The molecule has 3 rings (SSSR count). The Balaban J connectivity index is 1.62. The number of fused-ring (bicyclic) bond motifs is 2. The second kappa shape index (κ2) is 8.59. The Hall–Kier alpha value is -3.00. The summed E-state index contributed by atoms with van der Waals surface area (Å²) in [4.78, 5) is 38.9. The van der Waals surface area contributed by atoms with Crippen LogP contribution in [0.5, 0.6) is 0 Å². The van der Waals surface area contributed by atoms with Gasteiger partial charge in [-0.3, -0.25) is 14.9 Å². The molecule has 2 N–H and O–H groups in total. The zero-order valence-electron chi connectivity index (χ0n) is 14.7. The van der Waals surface area contributed by atoms with E-state index in [0.717, 1.165) is 21.2 Å². The number of imide groups is 1. The van der Waals surface area contributed by atoms with Crippen LogP contribution < -0.4 is 15.5 Å². The molecular weight excluding hydrogens is 366 g/mol. The van der Waals surface area contributed by atoms with E-state index >= 15 is 0 Å². The first-order valence-corrected chi connectivity index (χ1v) is 9.21. The van der Waals surface area contributed by atoms with E-state index in [2.05, 4.69) is 10.2 Å². The minimum absolute atomic E-state index is 0.112. The quantitative estimate of drug-likeness (QED) is 0.770. The first kappa shape index (κ1) is 18.8. The van der Waals surface area contributed by atoms with E-state index in [0.29, 0.717) is 6.54 Å². The highest BCUT2D eigenvalue weighted by Gasteiger charge is 2.23. The van der Waals surface area contributed by atoms with Gasteiger partial charge in [-0.1, -0.05) is 36.0 Å². The summed E-state index contributed by atoms with van der Waals surface area (Å²) in [6.45, 7) is -0.0697. The van der Waals surface area contributed by atoms with Gasteiger partial charge in [0.15, 0.2) is 6.61 Å². The lowest BCUT2D eigenvalue weighted by Crippen LogP contribution is -2.39. The second-order valence-corrected chi connectivity index (χ2v) is 6.81. The van der Waals surface area contributed by atoms with Gasteiger partial charge in [-0.2, -0.15) is 0 Å². The summed E-state index contributed by atoms with van der Waals surface area (Å²) in [5.74, 6) is -1.18. The van der Waals surface area contributed by atoms with Crippen LogP contribution >= 0.6 is 11.8 Å². The number of hydrogen-bond acceptors (Lipinski definition) is 6. The van der Waals surface area contributed by atoms with Gasteiger partial charge < -0.3 is 15.0 Å². The Kier molecular flexibility index (Phi) is 5.97. The molecule has 0 aromatic heterocycles. The van der Waals surface area contributed by atoms with Crippen molar-refractivity contribution in [2.75, 3.05) is 25.1 Å². The molecule has 27 heavy (non-hydrogen) atoms. The maximum absolute atomic E-state index is 12.0. The third-order valence-corrected chi connectivity index (χ3v) is 5.05. The molecule has 0 saturated heterocycles. The van der Waals surface area contributed by atoms with Crippen molar-refractivity contribution in [2.24, 2.45) is 0 Å². The molecule has 2 aromatic carbocycles. The van der Waals surface area contributed by atoms with Crippen LogP contribution in [0.25, 0.3) is 0 Å². The van der Waals surface area contributed by atoms with Crippen LogP contribution in [0.1, 0.15) is 6.42 Å². The minimum atomic E-state index is -0.673. The van der Waals surface area contributed by atoms with Crippen LogP contribution in [0.15, 0.2) is 58.3 Å². The molecule has 3 amide bonds. The molecule has 0 saturated carbocycles. The molecule has 0 spiro atoms. The van der Waals surface area contributed by atoms with Gasteiger partial charge in [0.2, 0.25) is 0 Å². The number of para-hydroxylation sites is 2. The lowest BCUT2D eigenvalue weighted by molar-refractivity contribution is -0.148. The van der Waals surface area contributed by atoms with E-state index in [1.807, 2.05) is 53.8 Å². The topological polar surface area (TPSA) is 87.7 Å². The predicted octanol–water partition coefficient (Wildman–Crippen LogP) is 2.68. The minimum Gasteiger partial charge on any atom is -0.456 e. The molecule has 8 heteroatoms. The van der Waals surface area contributed by atoms with Gasteiger partial charge in [0.1, 0.15) is 0 Å². The highest BCUT2D eigenvalue weighted by atomic mass is 32.2. The smallest absolute Gasteiger partial charge is 0.321 e. The fourth-order valence-corrected chi connectivity index (χ4v) is 3.76. The number of nitrogens with one attached hydrogen (secondary N) is 2. The highest BCUT2D eigenvalue weighted by molar-refractivity contribution is 7.99.